The largest absolute Gasteiger partial charge is 0.475 e. The van der Waals surface area contributed by atoms with Crippen molar-refractivity contribution in [1.29, 1.82) is 0 Å². The highest BCUT2D eigenvalue weighted by atomic mass is 19.4. The van der Waals surface area contributed by atoms with Gasteiger partial charge in [0.25, 0.3) is 11.8 Å². The number of amides is 1. The Bertz CT molecular complexity index is 1180. The summed E-state index contributed by atoms with van der Waals surface area (Å²) in [5.41, 5.74) is -0.761. The van der Waals surface area contributed by atoms with Crippen LogP contribution in [0.3, 0.4) is 0 Å². The van der Waals surface area contributed by atoms with E-state index in [-0.39, 0.29) is 29.6 Å². The first-order chi connectivity index (χ1) is 16.4. The Labute approximate surface area is 196 Å². The Morgan fingerprint density at radius 2 is 1.91 bits per heavy atom. The lowest BCUT2D eigenvalue weighted by molar-refractivity contribution is -0.137. The minimum atomic E-state index is -4.55. The molecule has 0 bridgehead atoms. The van der Waals surface area contributed by atoms with Crippen LogP contribution in [0.2, 0.25) is 0 Å². The molecule has 3 aromatic rings. The lowest BCUT2D eigenvalue weighted by Crippen LogP contribution is -2.57. The zero-order chi connectivity index (χ0) is 25.4. The second-order valence-corrected chi connectivity index (χ2v) is 8.37. The number of likely N-dealkylation sites (tertiary alicyclic amines) is 1. The van der Waals surface area contributed by atoms with Crippen LogP contribution in [0.25, 0.3) is 11.4 Å². The molecule has 2 unspecified atom stereocenters. The predicted molar refractivity (Wildman–Crippen MR) is 113 cm³/mol. The molecule has 0 saturated carbocycles. The number of pyridine rings is 1. The molecular weight excluding hydrogens is 475 g/mol. The summed E-state index contributed by atoms with van der Waals surface area (Å²) in [5.74, 6) is -4.49. The number of hydrogen-bond acceptors (Lipinski definition) is 6. The maximum atomic E-state index is 14.5. The van der Waals surface area contributed by atoms with E-state index in [1.54, 1.807) is 20.0 Å². The third kappa shape index (κ3) is 5.38. The number of carbonyl (C=O) groups is 1. The first-order valence-electron chi connectivity index (χ1n) is 10.6. The van der Waals surface area contributed by atoms with Gasteiger partial charge in [0.15, 0.2) is 11.5 Å². The maximum absolute atomic E-state index is 14.5. The summed E-state index contributed by atoms with van der Waals surface area (Å²) in [5, 5.41) is 4.16. The molecule has 186 valence electrons. The molecule has 1 fully saturated rings. The summed E-state index contributed by atoms with van der Waals surface area (Å²) >= 11 is 0. The molecule has 4 heterocycles. The Hall–Kier alpha value is -3.64. The maximum Gasteiger partial charge on any atom is 0.417 e. The van der Waals surface area contributed by atoms with Crippen molar-refractivity contribution in [2.45, 2.75) is 31.5 Å². The molecule has 0 spiro atoms. The minimum Gasteiger partial charge on any atom is -0.475 e. The third-order valence-electron chi connectivity index (χ3n) is 5.64. The molecule has 1 aliphatic heterocycles. The fourth-order valence-electron chi connectivity index (χ4n) is 4.01. The zero-order valence-electron chi connectivity index (χ0n) is 18.7. The van der Waals surface area contributed by atoms with E-state index in [4.69, 9.17) is 4.74 Å². The highest BCUT2D eigenvalue weighted by Gasteiger charge is 2.47. The number of hydrogen-bond donors (Lipinski definition) is 0. The summed E-state index contributed by atoms with van der Waals surface area (Å²) in [7, 11) is 1.58. The standard InChI is InChI=1S/C22H21F5N6O2/c1-13-8-21(23,24)12-33(16(13)11-35-17-5-4-14(9-30-17)22(25,26)27)20(34)18-15(10-32(2)31-18)19-28-6-3-7-29-19/h3-7,9-10,13,16H,8,11-12H2,1-2H3. The van der Waals surface area contributed by atoms with E-state index in [0.717, 1.165) is 17.0 Å². The second kappa shape index (κ2) is 9.19. The Balaban J connectivity index is 1.60. The molecule has 0 N–H and O–H groups in total. The van der Waals surface area contributed by atoms with Crippen molar-refractivity contribution in [3.63, 3.8) is 0 Å². The summed E-state index contributed by atoms with van der Waals surface area (Å²) in [6, 6.07) is 2.64. The number of ether oxygens (including phenoxy) is 1. The highest BCUT2D eigenvalue weighted by Crippen LogP contribution is 2.36. The van der Waals surface area contributed by atoms with Crippen LogP contribution in [0.5, 0.6) is 5.88 Å². The fraction of sp³-hybridized carbons (Fsp3) is 0.409. The molecule has 13 heteroatoms. The Kier molecular flexibility index (Phi) is 6.43. The molecule has 1 saturated heterocycles. The Morgan fingerprint density at radius 1 is 1.20 bits per heavy atom. The first-order valence-corrected chi connectivity index (χ1v) is 10.6. The van der Waals surface area contributed by atoms with Crippen LogP contribution in [0.1, 0.15) is 29.4 Å². The lowest BCUT2D eigenvalue weighted by Gasteiger charge is -2.42. The van der Waals surface area contributed by atoms with Gasteiger partial charge < -0.3 is 9.64 Å². The monoisotopic (exact) mass is 496 g/mol. The van der Waals surface area contributed by atoms with Crippen molar-refractivity contribution in [3.05, 3.63) is 54.2 Å². The molecule has 2 atom stereocenters. The molecule has 4 rings (SSSR count). The number of carbonyl (C=O) groups excluding carboxylic acids is 1. The van der Waals surface area contributed by atoms with Gasteiger partial charge in [0.1, 0.15) is 6.61 Å². The molecule has 3 aromatic heterocycles. The topological polar surface area (TPSA) is 86.0 Å². The number of aromatic nitrogens is 5. The van der Waals surface area contributed by atoms with Gasteiger partial charge in [-0.2, -0.15) is 18.3 Å². The molecule has 8 nitrogen and oxygen atoms in total. The second-order valence-electron chi connectivity index (χ2n) is 8.37. The fourth-order valence-corrected chi connectivity index (χ4v) is 4.01. The quantitative estimate of drug-likeness (QED) is 0.499. The molecule has 1 amide bonds. The number of alkyl halides is 5. The van der Waals surface area contributed by atoms with Crippen LogP contribution in [-0.4, -0.2) is 60.7 Å². The van der Waals surface area contributed by atoms with E-state index < -0.39 is 48.5 Å². The van der Waals surface area contributed by atoms with Crippen molar-refractivity contribution < 1.29 is 31.5 Å². The average molecular weight is 496 g/mol. The Morgan fingerprint density at radius 3 is 2.54 bits per heavy atom. The van der Waals surface area contributed by atoms with E-state index in [1.807, 2.05) is 0 Å². The molecule has 35 heavy (non-hydrogen) atoms. The smallest absolute Gasteiger partial charge is 0.417 e. The van der Waals surface area contributed by atoms with Crippen molar-refractivity contribution in [2.75, 3.05) is 13.2 Å². The van der Waals surface area contributed by atoms with Gasteiger partial charge in [0.2, 0.25) is 5.88 Å². The molecule has 0 radical (unpaired) electrons. The number of piperidine rings is 1. The van der Waals surface area contributed by atoms with Gasteiger partial charge in [-0.3, -0.25) is 9.48 Å². The summed E-state index contributed by atoms with van der Waals surface area (Å²) in [6.07, 6.45) is 0.0640. The van der Waals surface area contributed by atoms with Gasteiger partial charge in [-0.25, -0.2) is 23.7 Å². The first kappa shape index (κ1) is 24.5. The van der Waals surface area contributed by atoms with Crippen molar-refractivity contribution >= 4 is 5.91 Å². The van der Waals surface area contributed by atoms with Gasteiger partial charge in [0.05, 0.1) is 23.7 Å². The average Bonchev–Trinajstić information content (AvgIpc) is 3.19. The number of rotatable bonds is 5. The summed E-state index contributed by atoms with van der Waals surface area (Å²) in [6.45, 7) is 0.447. The van der Waals surface area contributed by atoms with Crippen LogP contribution in [0.15, 0.2) is 43.0 Å². The SMILES string of the molecule is CC1CC(F)(F)CN(C(=O)c2nn(C)cc2-c2ncccn2)C1COc1ccc(C(F)(F)F)cn1. The van der Waals surface area contributed by atoms with Crippen molar-refractivity contribution in [1.82, 2.24) is 29.6 Å². The summed E-state index contributed by atoms with van der Waals surface area (Å²) in [4.78, 5) is 26.4. The highest BCUT2D eigenvalue weighted by molar-refractivity contribution is 5.98. The minimum absolute atomic E-state index is 0.0961. The number of halogens is 5. The third-order valence-corrected chi connectivity index (χ3v) is 5.64. The van der Waals surface area contributed by atoms with Crippen LogP contribution >= 0.6 is 0 Å². The van der Waals surface area contributed by atoms with Gasteiger partial charge in [0, 0.05) is 44.3 Å². The van der Waals surface area contributed by atoms with Gasteiger partial charge in [-0.15, -0.1) is 0 Å². The van der Waals surface area contributed by atoms with E-state index in [2.05, 4.69) is 20.1 Å². The van der Waals surface area contributed by atoms with E-state index in [0.29, 0.717) is 6.20 Å². The van der Waals surface area contributed by atoms with Gasteiger partial charge >= 0.3 is 6.18 Å². The van der Waals surface area contributed by atoms with Crippen LogP contribution in [0, 0.1) is 5.92 Å². The van der Waals surface area contributed by atoms with Crippen molar-refractivity contribution in [3.8, 4) is 17.3 Å². The van der Waals surface area contributed by atoms with Crippen LogP contribution in [0.4, 0.5) is 22.0 Å². The van der Waals surface area contributed by atoms with Crippen molar-refractivity contribution in [2.24, 2.45) is 13.0 Å². The number of nitrogens with zero attached hydrogens (tertiary/aromatic N) is 6. The normalized spacial score (nSPS) is 20.0. The van der Waals surface area contributed by atoms with E-state index >= 15 is 0 Å². The molecule has 0 aliphatic carbocycles. The molecule has 1 aliphatic rings. The number of aryl methyl sites for hydroxylation is 1. The lowest BCUT2D eigenvalue weighted by atomic mass is 9.88. The predicted octanol–water partition coefficient (Wildman–Crippen LogP) is 3.86. The van der Waals surface area contributed by atoms with Crippen LogP contribution < -0.4 is 4.74 Å². The van der Waals surface area contributed by atoms with Gasteiger partial charge in [-0.05, 0) is 18.1 Å². The zero-order valence-corrected chi connectivity index (χ0v) is 18.7. The summed E-state index contributed by atoms with van der Waals surface area (Å²) < 4.78 is 74.2. The van der Waals surface area contributed by atoms with E-state index in [9.17, 15) is 26.7 Å². The van der Waals surface area contributed by atoms with E-state index in [1.165, 1.54) is 23.3 Å². The van der Waals surface area contributed by atoms with Crippen LogP contribution in [-0.2, 0) is 13.2 Å². The molecule has 0 aromatic carbocycles. The van der Waals surface area contributed by atoms with Gasteiger partial charge in [-0.1, -0.05) is 6.92 Å². The molecular formula is C22H21F5N6O2.